The molecule has 12 nitrogen and oxygen atoms in total. The van der Waals surface area contributed by atoms with E-state index in [1.165, 1.54) is 103 Å². The van der Waals surface area contributed by atoms with E-state index in [0.29, 0.717) is 13.2 Å². The second kappa shape index (κ2) is 34.0. The molecule has 0 aromatic heterocycles. The van der Waals surface area contributed by atoms with Crippen molar-refractivity contribution in [3.05, 3.63) is 0 Å². The van der Waals surface area contributed by atoms with Crippen LogP contribution in [-0.2, 0) is 23.9 Å². The first-order chi connectivity index (χ1) is 22.5. The normalized spacial score (nSPS) is 14.3. The summed E-state index contributed by atoms with van der Waals surface area (Å²) in [6, 6.07) is -0.743. The molecule has 0 saturated carbocycles. The first kappa shape index (κ1) is 47.3. The number of hydrogen-bond acceptors (Lipinski definition) is 11. The molecule has 12 heteroatoms. The fourth-order valence-electron chi connectivity index (χ4n) is 4.80. The van der Waals surface area contributed by atoms with Crippen molar-refractivity contribution in [1.29, 1.82) is 0 Å². The van der Waals surface area contributed by atoms with Gasteiger partial charge in [-0.2, -0.15) is 0 Å². The molecule has 0 aliphatic heterocycles. The van der Waals surface area contributed by atoms with E-state index in [1.807, 2.05) is 0 Å². The van der Waals surface area contributed by atoms with Gasteiger partial charge >= 0.3 is 11.9 Å². The van der Waals surface area contributed by atoms with Crippen LogP contribution in [0.1, 0.15) is 155 Å². The molecule has 0 saturated heterocycles. The molecular formula is C35H70N2O10. The van der Waals surface area contributed by atoms with Crippen molar-refractivity contribution in [1.82, 2.24) is 0 Å². The minimum absolute atomic E-state index is 0.173. The van der Waals surface area contributed by atoms with Crippen LogP contribution in [0.15, 0.2) is 0 Å². The number of aliphatic hydroxyl groups is 5. The SMILES string of the molecule is CCCCCCCCCCCCOC(=O)CC[C@H](N)C(=O)OCCCCCCCCCCCC.NC(=O)[C@H](O)[C@@H](O)[C@H](O)[C@H](O)CO. The highest BCUT2D eigenvalue weighted by atomic mass is 16.5. The summed E-state index contributed by atoms with van der Waals surface area (Å²) in [4.78, 5) is 34.1. The van der Waals surface area contributed by atoms with Crippen LogP contribution in [0, 0.1) is 0 Å². The van der Waals surface area contributed by atoms with Gasteiger partial charge in [-0.1, -0.05) is 129 Å². The van der Waals surface area contributed by atoms with Gasteiger partial charge in [-0.3, -0.25) is 14.4 Å². The first-order valence-electron chi connectivity index (χ1n) is 18.2. The third-order valence-corrected chi connectivity index (χ3v) is 8.01. The molecule has 0 radical (unpaired) electrons. The van der Waals surface area contributed by atoms with Gasteiger partial charge in [-0.05, 0) is 19.3 Å². The number of aliphatic hydroxyl groups excluding tert-OH is 5. The molecule has 47 heavy (non-hydrogen) atoms. The Labute approximate surface area is 284 Å². The number of ether oxygens (including phenoxy) is 2. The standard InChI is InChI=1S/C29H57NO4.C6H13NO6/c1-3-5-7-9-11-13-15-17-19-21-25-33-28(31)24-23-27(30)29(32)34-26-22-20-18-16-14-12-10-8-6-4-2;7-6(13)5(12)4(11)3(10)2(9)1-8/h27H,3-26,30H2,1-2H3;2-5,8-12H,1H2,(H2,7,13)/t27-;2-,3-,4+,5-/m01/s1. The van der Waals surface area contributed by atoms with E-state index >= 15 is 0 Å². The summed E-state index contributed by atoms with van der Waals surface area (Å²) >= 11 is 0. The van der Waals surface area contributed by atoms with E-state index in [9.17, 15) is 14.4 Å². The van der Waals surface area contributed by atoms with Gasteiger partial charge in [0.2, 0.25) is 5.91 Å². The predicted octanol–water partition coefficient (Wildman–Crippen LogP) is 3.93. The van der Waals surface area contributed by atoms with Crippen LogP contribution in [0.5, 0.6) is 0 Å². The zero-order chi connectivity index (χ0) is 35.7. The molecule has 0 rings (SSSR count). The van der Waals surface area contributed by atoms with E-state index < -0.39 is 48.9 Å². The van der Waals surface area contributed by atoms with Crippen LogP contribution in [-0.4, -0.2) is 93.7 Å². The summed E-state index contributed by atoms with van der Waals surface area (Å²) in [5.74, 6) is -1.90. The number of esters is 2. The largest absolute Gasteiger partial charge is 0.466 e. The summed E-state index contributed by atoms with van der Waals surface area (Å²) in [5, 5.41) is 44.0. The summed E-state index contributed by atoms with van der Waals surface area (Å²) in [5.41, 5.74) is 10.5. The molecule has 0 aliphatic carbocycles. The predicted molar refractivity (Wildman–Crippen MR) is 183 cm³/mol. The van der Waals surface area contributed by atoms with Gasteiger partial charge in [0.15, 0.2) is 6.10 Å². The van der Waals surface area contributed by atoms with Gasteiger partial charge in [0.25, 0.3) is 0 Å². The van der Waals surface area contributed by atoms with Gasteiger partial charge in [0.1, 0.15) is 24.4 Å². The molecule has 0 heterocycles. The van der Waals surface area contributed by atoms with Crippen LogP contribution in [0.25, 0.3) is 0 Å². The van der Waals surface area contributed by atoms with E-state index in [0.717, 1.165) is 25.7 Å². The van der Waals surface area contributed by atoms with E-state index in [1.54, 1.807) is 0 Å². The van der Waals surface area contributed by atoms with Gasteiger partial charge in [-0.15, -0.1) is 0 Å². The van der Waals surface area contributed by atoms with Crippen molar-refractivity contribution in [2.75, 3.05) is 19.8 Å². The minimum atomic E-state index is -1.98. The summed E-state index contributed by atoms with van der Waals surface area (Å²) in [6.07, 6.45) is 18.1. The van der Waals surface area contributed by atoms with Crippen LogP contribution in [0.2, 0.25) is 0 Å². The molecule has 0 fully saturated rings. The van der Waals surface area contributed by atoms with Gasteiger partial charge in [-0.25, -0.2) is 0 Å². The minimum Gasteiger partial charge on any atom is -0.466 e. The van der Waals surface area contributed by atoms with Gasteiger partial charge < -0.3 is 46.5 Å². The molecular weight excluding hydrogens is 608 g/mol. The van der Waals surface area contributed by atoms with Crippen molar-refractivity contribution < 1.29 is 49.4 Å². The summed E-state index contributed by atoms with van der Waals surface area (Å²) in [7, 11) is 0. The Morgan fingerprint density at radius 1 is 0.596 bits per heavy atom. The fourth-order valence-corrected chi connectivity index (χ4v) is 4.80. The van der Waals surface area contributed by atoms with E-state index in [-0.39, 0.29) is 18.8 Å². The van der Waals surface area contributed by atoms with Crippen LogP contribution in [0.4, 0.5) is 0 Å². The third kappa shape index (κ3) is 30.0. The summed E-state index contributed by atoms with van der Waals surface area (Å²) < 4.78 is 10.5. The molecule has 0 bridgehead atoms. The Morgan fingerprint density at radius 2 is 0.979 bits per heavy atom. The zero-order valence-electron chi connectivity index (χ0n) is 29.5. The number of primary amides is 1. The van der Waals surface area contributed by atoms with Crippen molar-refractivity contribution in [3.63, 3.8) is 0 Å². The number of rotatable bonds is 31. The smallest absolute Gasteiger partial charge is 0.322 e. The molecule has 0 aromatic carbocycles. The van der Waals surface area contributed by atoms with Crippen molar-refractivity contribution in [2.24, 2.45) is 11.5 Å². The lowest BCUT2D eigenvalue weighted by Gasteiger charge is -2.23. The molecule has 9 N–H and O–H groups in total. The number of unbranched alkanes of at least 4 members (excludes halogenated alkanes) is 18. The zero-order valence-corrected chi connectivity index (χ0v) is 29.5. The topological polar surface area (TPSA) is 223 Å². The van der Waals surface area contributed by atoms with Crippen molar-refractivity contribution in [2.45, 2.75) is 186 Å². The first-order valence-corrected chi connectivity index (χ1v) is 18.2. The lowest BCUT2D eigenvalue weighted by molar-refractivity contribution is -0.147. The molecule has 0 spiro atoms. The number of nitrogens with two attached hydrogens (primary N) is 2. The van der Waals surface area contributed by atoms with Gasteiger partial charge in [0, 0.05) is 6.42 Å². The monoisotopic (exact) mass is 679 g/mol. The van der Waals surface area contributed by atoms with Crippen molar-refractivity contribution >= 4 is 17.8 Å². The number of carbonyl (C=O) groups is 3. The Morgan fingerprint density at radius 3 is 1.36 bits per heavy atom. The maximum Gasteiger partial charge on any atom is 0.322 e. The lowest BCUT2D eigenvalue weighted by Crippen LogP contribution is -2.50. The average Bonchev–Trinajstić information content (AvgIpc) is 3.07. The fraction of sp³-hybridized carbons (Fsp3) is 0.914. The van der Waals surface area contributed by atoms with Crippen LogP contribution >= 0.6 is 0 Å². The summed E-state index contributed by atoms with van der Waals surface area (Å²) in [6.45, 7) is 4.58. The highest BCUT2D eigenvalue weighted by molar-refractivity contribution is 5.79. The molecule has 280 valence electrons. The Bertz CT molecular complexity index is 743. The Kier molecular flexibility index (Phi) is 34.3. The Hall–Kier alpha value is -1.83. The number of hydrogen-bond donors (Lipinski definition) is 7. The third-order valence-electron chi connectivity index (χ3n) is 8.01. The van der Waals surface area contributed by atoms with Crippen LogP contribution < -0.4 is 11.5 Å². The molecule has 5 atom stereocenters. The van der Waals surface area contributed by atoms with E-state index in [2.05, 4.69) is 19.6 Å². The number of carbonyl (C=O) groups excluding carboxylic acids is 3. The Balaban J connectivity index is 0. The second-order valence-electron chi connectivity index (χ2n) is 12.5. The quantitative estimate of drug-likeness (QED) is 0.0411. The maximum atomic E-state index is 12.0. The molecule has 0 aromatic rings. The maximum absolute atomic E-state index is 12.0. The van der Waals surface area contributed by atoms with E-state index in [4.69, 9.17) is 40.7 Å². The highest BCUT2D eigenvalue weighted by Crippen LogP contribution is 2.12. The number of amides is 1. The second-order valence-corrected chi connectivity index (χ2v) is 12.5. The average molecular weight is 679 g/mol. The van der Waals surface area contributed by atoms with Crippen molar-refractivity contribution in [3.8, 4) is 0 Å². The van der Waals surface area contributed by atoms with Crippen LogP contribution in [0.3, 0.4) is 0 Å². The molecule has 0 aliphatic rings. The van der Waals surface area contributed by atoms with Gasteiger partial charge in [0.05, 0.1) is 19.8 Å². The molecule has 1 amide bonds. The molecule has 0 unspecified atom stereocenters. The lowest BCUT2D eigenvalue weighted by atomic mass is 10.0. The highest BCUT2D eigenvalue weighted by Gasteiger charge is 2.32.